The van der Waals surface area contributed by atoms with Gasteiger partial charge in [0.1, 0.15) is 0 Å². The van der Waals surface area contributed by atoms with Gasteiger partial charge in [0, 0.05) is 47.2 Å². The van der Waals surface area contributed by atoms with Crippen LogP contribution in [0, 0.1) is 0 Å². The number of piperidine rings is 1. The lowest BCUT2D eigenvalue weighted by Gasteiger charge is -2.31. The molecule has 1 aliphatic heterocycles. The Morgan fingerprint density at radius 2 is 1.55 bits per heavy atom. The average molecular weight is 510 g/mol. The normalized spacial score (nSPS) is 13.8. The molecule has 3 N–H and O–H groups in total. The van der Waals surface area contributed by atoms with Crippen LogP contribution >= 0.6 is 0 Å². The van der Waals surface area contributed by atoms with Crippen LogP contribution in [0.25, 0.3) is 16.6 Å². The number of nitrogens with one attached hydrogen (secondary N) is 2. The number of nitrogens with zero attached hydrogens (tertiary/aromatic N) is 3. The number of aromatic nitrogens is 2. The molecule has 8 nitrogen and oxygen atoms in total. The van der Waals surface area contributed by atoms with Gasteiger partial charge in [-0.25, -0.2) is 4.68 Å². The van der Waals surface area contributed by atoms with Gasteiger partial charge >= 0.3 is 0 Å². The van der Waals surface area contributed by atoms with Gasteiger partial charge in [-0.05, 0) is 93.4 Å². The summed E-state index contributed by atoms with van der Waals surface area (Å²) in [6.45, 7) is 5.39. The molecule has 194 valence electrons. The summed E-state index contributed by atoms with van der Waals surface area (Å²) in [6, 6.07) is 20.7. The molecule has 1 saturated heterocycles. The second-order valence-corrected chi connectivity index (χ2v) is 9.81. The number of fused-ring (bicyclic) bond motifs is 1. The molecule has 2 amide bonds. The van der Waals surface area contributed by atoms with Gasteiger partial charge in [-0.3, -0.25) is 9.59 Å². The number of aliphatic hydroxyl groups excluding tert-OH is 1. The maximum atomic E-state index is 12.9. The molecule has 8 heteroatoms. The molecule has 0 radical (unpaired) electrons. The summed E-state index contributed by atoms with van der Waals surface area (Å²) in [5.74, 6) is -0.335. The Kier molecular flexibility index (Phi) is 7.24. The minimum atomic E-state index is -0.215. The van der Waals surface area contributed by atoms with Crippen molar-refractivity contribution in [1.29, 1.82) is 0 Å². The number of carbonyl (C=O) groups excluding carboxylic acids is 2. The van der Waals surface area contributed by atoms with Crippen LogP contribution in [0.3, 0.4) is 0 Å². The maximum absolute atomic E-state index is 12.9. The van der Waals surface area contributed by atoms with E-state index in [9.17, 15) is 14.7 Å². The third-order valence-electron chi connectivity index (χ3n) is 6.58. The summed E-state index contributed by atoms with van der Waals surface area (Å²) in [7, 11) is 0. The SMILES string of the molecule is CC(C)=CC(=O)Nc1ccc(-n2ncc3cc(NC(=O)c4ccc(N5CCC(O)CC5)cc4)ccc32)cc1. The van der Waals surface area contributed by atoms with E-state index in [2.05, 4.69) is 20.6 Å². The van der Waals surface area contributed by atoms with E-state index >= 15 is 0 Å². The van der Waals surface area contributed by atoms with Crippen LogP contribution in [0.15, 0.2) is 84.6 Å². The molecule has 2 heterocycles. The first kappa shape index (κ1) is 25.2. The van der Waals surface area contributed by atoms with E-state index in [1.807, 2.05) is 85.3 Å². The van der Waals surface area contributed by atoms with Crippen molar-refractivity contribution in [2.75, 3.05) is 28.6 Å². The number of rotatable bonds is 6. The number of carbonyl (C=O) groups is 2. The molecule has 5 rings (SSSR count). The minimum Gasteiger partial charge on any atom is -0.393 e. The molecule has 1 fully saturated rings. The monoisotopic (exact) mass is 509 g/mol. The van der Waals surface area contributed by atoms with E-state index in [1.54, 1.807) is 12.3 Å². The zero-order valence-corrected chi connectivity index (χ0v) is 21.5. The van der Waals surface area contributed by atoms with Gasteiger partial charge in [-0.1, -0.05) is 5.57 Å². The molecular formula is C30H31N5O3. The number of hydrogen-bond acceptors (Lipinski definition) is 5. The fraction of sp³-hybridized carbons (Fsp3) is 0.233. The smallest absolute Gasteiger partial charge is 0.255 e. The predicted octanol–water partition coefficient (Wildman–Crippen LogP) is 5.14. The van der Waals surface area contributed by atoms with Crippen LogP contribution in [0.4, 0.5) is 17.1 Å². The number of amides is 2. The first-order chi connectivity index (χ1) is 18.4. The maximum Gasteiger partial charge on any atom is 0.255 e. The molecule has 0 atom stereocenters. The van der Waals surface area contributed by atoms with Crippen LogP contribution in [0.2, 0.25) is 0 Å². The van der Waals surface area contributed by atoms with Crippen molar-refractivity contribution in [3.05, 3.63) is 90.1 Å². The van der Waals surface area contributed by atoms with Crippen molar-refractivity contribution in [2.45, 2.75) is 32.8 Å². The van der Waals surface area contributed by atoms with Gasteiger partial charge in [0.15, 0.2) is 0 Å². The van der Waals surface area contributed by atoms with Gasteiger partial charge in [-0.2, -0.15) is 5.10 Å². The lowest BCUT2D eigenvalue weighted by atomic mass is 10.1. The molecule has 3 aromatic carbocycles. The fourth-order valence-corrected chi connectivity index (χ4v) is 4.59. The van der Waals surface area contributed by atoms with E-state index in [0.717, 1.165) is 53.8 Å². The van der Waals surface area contributed by atoms with Crippen molar-refractivity contribution < 1.29 is 14.7 Å². The summed E-state index contributed by atoms with van der Waals surface area (Å²) in [6.07, 6.45) is 4.64. The summed E-state index contributed by atoms with van der Waals surface area (Å²) >= 11 is 0. The summed E-state index contributed by atoms with van der Waals surface area (Å²) < 4.78 is 1.82. The first-order valence-electron chi connectivity index (χ1n) is 12.7. The summed E-state index contributed by atoms with van der Waals surface area (Å²) in [5.41, 5.74) is 5.74. The van der Waals surface area contributed by atoms with Crippen LogP contribution in [0.1, 0.15) is 37.0 Å². The zero-order valence-electron chi connectivity index (χ0n) is 21.5. The number of hydrogen-bond donors (Lipinski definition) is 3. The Bertz CT molecular complexity index is 1480. The fourth-order valence-electron chi connectivity index (χ4n) is 4.59. The van der Waals surface area contributed by atoms with Gasteiger partial charge in [0.2, 0.25) is 5.91 Å². The van der Waals surface area contributed by atoms with Gasteiger partial charge in [-0.15, -0.1) is 0 Å². The summed E-state index contributed by atoms with van der Waals surface area (Å²) in [4.78, 5) is 27.0. The topological polar surface area (TPSA) is 99.5 Å². The van der Waals surface area contributed by atoms with Crippen LogP contribution in [-0.4, -0.2) is 45.9 Å². The van der Waals surface area contributed by atoms with Crippen molar-refractivity contribution >= 4 is 39.8 Å². The standard InChI is InChI=1S/C30H31N5O3/c1-20(2)17-29(37)32-23-5-10-26(11-6-23)35-28-12-7-24(18-22(28)19-31-35)33-30(38)21-3-8-25(9-4-21)34-15-13-27(36)14-16-34/h3-12,17-19,27,36H,13-16H2,1-2H3,(H,32,37)(H,33,38). The largest absolute Gasteiger partial charge is 0.393 e. The molecular weight excluding hydrogens is 478 g/mol. The highest BCUT2D eigenvalue weighted by molar-refractivity contribution is 6.05. The van der Waals surface area contributed by atoms with Gasteiger partial charge in [0.05, 0.1) is 23.5 Å². The van der Waals surface area contributed by atoms with Crippen LogP contribution < -0.4 is 15.5 Å². The average Bonchev–Trinajstić information content (AvgIpc) is 3.32. The Balaban J connectivity index is 1.25. The van der Waals surface area contributed by atoms with Crippen molar-refractivity contribution in [1.82, 2.24) is 9.78 Å². The quantitative estimate of drug-likeness (QED) is 0.313. The third kappa shape index (κ3) is 5.76. The van der Waals surface area contributed by atoms with Crippen LogP contribution in [0.5, 0.6) is 0 Å². The molecule has 38 heavy (non-hydrogen) atoms. The van der Waals surface area contributed by atoms with Crippen molar-refractivity contribution in [3.8, 4) is 5.69 Å². The van der Waals surface area contributed by atoms with Crippen molar-refractivity contribution in [3.63, 3.8) is 0 Å². The number of anilines is 3. The molecule has 4 aromatic rings. The first-order valence-corrected chi connectivity index (χ1v) is 12.7. The molecule has 0 unspecified atom stereocenters. The lowest BCUT2D eigenvalue weighted by Crippen LogP contribution is -2.35. The molecule has 0 bridgehead atoms. The number of benzene rings is 3. The van der Waals surface area contributed by atoms with E-state index in [1.165, 1.54) is 0 Å². The molecule has 0 spiro atoms. The highest BCUT2D eigenvalue weighted by atomic mass is 16.3. The van der Waals surface area contributed by atoms with Crippen molar-refractivity contribution in [2.24, 2.45) is 0 Å². The van der Waals surface area contributed by atoms with E-state index in [-0.39, 0.29) is 17.9 Å². The zero-order chi connectivity index (χ0) is 26.6. The molecule has 0 aliphatic carbocycles. The van der Waals surface area contributed by atoms with Gasteiger partial charge in [0.25, 0.3) is 5.91 Å². The third-order valence-corrected chi connectivity index (χ3v) is 6.58. The highest BCUT2D eigenvalue weighted by Gasteiger charge is 2.17. The molecule has 1 aliphatic rings. The lowest BCUT2D eigenvalue weighted by molar-refractivity contribution is -0.111. The molecule has 1 aromatic heterocycles. The minimum absolute atomic E-state index is 0.157. The Morgan fingerprint density at radius 1 is 0.895 bits per heavy atom. The number of aliphatic hydroxyl groups is 1. The number of allylic oxidation sites excluding steroid dienone is 1. The Labute approximate surface area is 221 Å². The molecule has 0 saturated carbocycles. The van der Waals surface area contributed by atoms with Crippen LogP contribution in [-0.2, 0) is 4.79 Å². The Hall–Kier alpha value is -4.43. The second-order valence-electron chi connectivity index (χ2n) is 9.81. The van der Waals surface area contributed by atoms with E-state index < -0.39 is 0 Å². The van der Waals surface area contributed by atoms with E-state index in [0.29, 0.717) is 16.9 Å². The highest BCUT2D eigenvalue weighted by Crippen LogP contribution is 2.24. The van der Waals surface area contributed by atoms with E-state index in [4.69, 9.17) is 0 Å². The predicted molar refractivity (Wildman–Crippen MR) is 151 cm³/mol. The Morgan fingerprint density at radius 3 is 2.24 bits per heavy atom. The van der Waals surface area contributed by atoms with Gasteiger partial charge < -0.3 is 20.6 Å². The second kappa shape index (κ2) is 10.9. The summed E-state index contributed by atoms with van der Waals surface area (Å²) in [5, 5.41) is 21.0.